The topological polar surface area (TPSA) is 74.4 Å². The molecule has 4 rings (SSSR count). The van der Waals surface area contributed by atoms with Crippen LogP contribution in [0.3, 0.4) is 0 Å². The summed E-state index contributed by atoms with van der Waals surface area (Å²) in [6, 6.07) is 10.4. The van der Waals surface area contributed by atoms with Crippen LogP contribution in [0.5, 0.6) is 0 Å². The quantitative estimate of drug-likeness (QED) is 0.290. The molecule has 6 nitrogen and oxygen atoms in total. The molecule has 0 amide bonds. The molecule has 174 valence electrons. The molecule has 0 atom stereocenters. The number of oxime groups is 1. The van der Waals surface area contributed by atoms with Crippen molar-refractivity contribution in [2.24, 2.45) is 5.16 Å². The number of likely N-dealkylation sites (tertiary alicyclic amines) is 1. The van der Waals surface area contributed by atoms with E-state index >= 15 is 0 Å². The van der Waals surface area contributed by atoms with Crippen LogP contribution < -0.4 is 0 Å². The van der Waals surface area contributed by atoms with Crippen LogP contribution in [0.25, 0.3) is 0 Å². The first-order chi connectivity index (χ1) is 16.5. The van der Waals surface area contributed by atoms with Crippen LogP contribution in [-0.4, -0.2) is 40.3 Å². The van der Waals surface area contributed by atoms with Crippen molar-refractivity contribution in [3.8, 4) is 6.07 Å². The normalized spacial score (nSPS) is 15.2. The third kappa shape index (κ3) is 5.77. The number of hydrogen-bond acceptors (Lipinski definition) is 6. The third-order valence-corrected chi connectivity index (χ3v) is 5.74. The Hall–Kier alpha value is -3.77. The Bertz CT molecular complexity index is 1200. The first-order valence-electron chi connectivity index (χ1n) is 10.8. The zero-order chi connectivity index (χ0) is 23.9. The van der Waals surface area contributed by atoms with Crippen molar-refractivity contribution in [3.63, 3.8) is 0 Å². The number of piperidine rings is 1. The van der Waals surface area contributed by atoms with E-state index in [-0.39, 0.29) is 23.7 Å². The van der Waals surface area contributed by atoms with Gasteiger partial charge in [-0.3, -0.25) is 14.9 Å². The molecule has 1 fully saturated rings. The molecule has 1 saturated heterocycles. The summed E-state index contributed by atoms with van der Waals surface area (Å²) in [4.78, 5) is 15.7. The summed E-state index contributed by atoms with van der Waals surface area (Å²) < 4.78 is 40.6. The van der Waals surface area contributed by atoms with E-state index in [1.54, 1.807) is 30.6 Å². The van der Waals surface area contributed by atoms with Crippen molar-refractivity contribution in [1.82, 2.24) is 14.9 Å². The zero-order valence-corrected chi connectivity index (χ0v) is 18.3. The molecule has 3 aromatic rings. The summed E-state index contributed by atoms with van der Waals surface area (Å²) in [5, 5.41) is 12.6. The van der Waals surface area contributed by atoms with Crippen molar-refractivity contribution in [2.75, 3.05) is 19.7 Å². The fourth-order valence-electron chi connectivity index (χ4n) is 4.01. The van der Waals surface area contributed by atoms with E-state index in [1.807, 2.05) is 6.07 Å². The van der Waals surface area contributed by atoms with Crippen LogP contribution in [0.1, 0.15) is 41.1 Å². The second kappa shape index (κ2) is 10.9. The molecule has 0 bridgehead atoms. The summed E-state index contributed by atoms with van der Waals surface area (Å²) in [6.45, 7) is 2.15. The Kier molecular flexibility index (Phi) is 7.50. The van der Waals surface area contributed by atoms with Crippen LogP contribution in [0.4, 0.5) is 13.2 Å². The highest BCUT2D eigenvalue weighted by atomic mass is 19.2. The maximum atomic E-state index is 13.8. The molecule has 0 N–H and O–H groups in total. The predicted octanol–water partition coefficient (Wildman–Crippen LogP) is 4.57. The SMILES string of the molecule is N#CCON=C(c1ccc(F)c(F)c1)c1ccc(CN2CCC(c3cncc(F)c3)CC2)cn1. The molecule has 0 spiro atoms. The van der Waals surface area contributed by atoms with Crippen LogP contribution in [-0.2, 0) is 11.4 Å². The van der Waals surface area contributed by atoms with Crippen molar-refractivity contribution in [3.05, 3.63) is 94.8 Å². The fourth-order valence-corrected chi connectivity index (χ4v) is 4.01. The second-order valence-corrected chi connectivity index (χ2v) is 8.04. The van der Waals surface area contributed by atoms with Gasteiger partial charge in [0.15, 0.2) is 11.6 Å². The summed E-state index contributed by atoms with van der Waals surface area (Å²) in [6.07, 6.45) is 6.49. The minimum atomic E-state index is -1.01. The maximum Gasteiger partial charge on any atom is 0.202 e. The summed E-state index contributed by atoms with van der Waals surface area (Å²) in [7, 11) is 0. The van der Waals surface area contributed by atoms with Gasteiger partial charge in [-0.1, -0.05) is 11.2 Å². The van der Waals surface area contributed by atoms with Gasteiger partial charge in [-0.15, -0.1) is 0 Å². The standard InChI is InChI=1S/C25H22F3N5O/c26-21-11-20(14-30-15-21)18-5-8-33(9-6-18)16-17-1-4-24(31-13-17)25(32-34-10-7-29)19-2-3-22(27)23(28)12-19/h1-4,11-15,18H,5-6,8-10,16H2. The predicted molar refractivity (Wildman–Crippen MR) is 119 cm³/mol. The number of benzene rings is 1. The Morgan fingerprint density at radius 1 is 1.06 bits per heavy atom. The molecule has 0 aliphatic carbocycles. The van der Waals surface area contributed by atoms with Crippen molar-refractivity contribution in [2.45, 2.75) is 25.3 Å². The van der Waals surface area contributed by atoms with Gasteiger partial charge >= 0.3 is 0 Å². The average molecular weight is 465 g/mol. The summed E-state index contributed by atoms with van der Waals surface area (Å²) in [5.41, 5.74) is 2.81. The third-order valence-electron chi connectivity index (χ3n) is 5.74. The molecule has 3 heterocycles. The first kappa shape index (κ1) is 23.4. The monoisotopic (exact) mass is 465 g/mol. The highest BCUT2D eigenvalue weighted by molar-refractivity contribution is 6.11. The van der Waals surface area contributed by atoms with E-state index in [0.717, 1.165) is 49.2 Å². The van der Waals surface area contributed by atoms with Gasteiger partial charge in [0, 0.05) is 24.5 Å². The van der Waals surface area contributed by atoms with Crippen LogP contribution in [0.2, 0.25) is 0 Å². The van der Waals surface area contributed by atoms with E-state index in [1.165, 1.54) is 12.3 Å². The van der Waals surface area contributed by atoms with E-state index < -0.39 is 11.6 Å². The molecule has 0 saturated carbocycles. The number of pyridine rings is 2. The number of halogens is 3. The molecule has 34 heavy (non-hydrogen) atoms. The van der Waals surface area contributed by atoms with E-state index in [9.17, 15) is 13.2 Å². The Balaban J connectivity index is 1.42. The Labute approximate surface area is 195 Å². The van der Waals surface area contributed by atoms with Gasteiger partial charge in [-0.25, -0.2) is 13.2 Å². The Morgan fingerprint density at radius 2 is 1.88 bits per heavy atom. The van der Waals surface area contributed by atoms with Crippen LogP contribution in [0, 0.1) is 28.8 Å². The number of nitrogens with zero attached hydrogens (tertiary/aromatic N) is 5. The second-order valence-electron chi connectivity index (χ2n) is 8.04. The van der Waals surface area contributed by atoms with Crippen molar-refractivity contribution < 1.29 is 18.0 Å². The highest BCUT2D eigenvalue weighted by Crippen LogP contribution is 2.28. The average Bonchev–Trinajstić information content (AvgIpc) is 2.85. The maximum absolute atomic E-state index is 13.8. The lowest BCUT2D eigenvalue weighted by Gasteiger charge is -2.32. The fraction of sp³-hybridized carbons (Fsp3) is 0.280. The smallest absolute Gasteiger partial charge is 0.202 e. The number of hydrogen-bond donors (Lipinski definition) is 0. The van der Waals surface area contributed by atoms with Crippen molar-refractivity contribution in [1.29, 1.82) is 5.26 Å². The zero-order valence-electron chi connectivity index (χ0n) is 18.3. The summed E-state index contributed by atoms with van der Waals surface area (Å²) >= 11 is 0. The van der Waals surface area contributed by atoms with Crippen molar-refractivity contribution >= 4 is 5.71 Å². The molecule has 0 unspecified atom stereocenters. The minimum Gasteiger partial charge on any atom is -0.380 e. The minimum absolute atomic E-state index is 0.199. The molecular weight excluding hydrogens is 443 g/mol. The lowest BCUT2D eigenvalue weighted by atomic mass is 9.90. The van der Waals surface area contributed by atoms with Crippen LogP contribution >= 0.6 is 0 Å². The van der Waals surface area contributed by atoms with Gasteiger partial charge in [0.1, 0.15) is 17.6 Å². The molecule has 9 heteroatoms. The lowest BCUT2D eigenvalue weighted by Crippen LogP contribution is -2.32. The Morgan fingerprint density at radius 3 is 2.56 bits per heavy atom. The van der Waals surface area contributed by atoms with Gasteiger partial charge < -0.3 is 4.84 Å². The van der Waals surface area contributed by atoms with Gasteiger partial charge in [0.05, 0.1) is 11.9 Å². The first-order valence-corrected chi connectivity index (χ1v) is 10.8. The highest BCUT2D eigenvalue weighted by Gasteiger charge is 2.21. The van der Waals surface area contributed by atoms with E-state index in [0.29, 0.717) is 18.2 Å². The van der Waals surface area contributed by atoms with E-state index in [2.05, 4.69) is 20.0 Å². The number of nitriles is 1. The largest absolute Gasteiger partial charge is 0.380 e. The molecule has 1 aromatic carbocycles. The molecule has 1 aliphatic rings. The van der Waals surface area contributed by atoms with E-state index in [4.69, 9.17) is 10.1 Å². The molecule has 0 radical (unpaired) electrons. The van der Waals surface area contributed by atoms with Gasteiger partial charge in [0.2, 0.25) is 6.61 Å². The summed E-state index contributed by atoms with van der Waals surface area (Å²) in [5.74, 6) is -2.00. The van der Waals surface area contributed by atoms with Gasteiger partial charge in [0.25, 0.3) is 0 Å². The molecule has 1 aliphatic heterocycles. The van der Waals surface area contributed by atoms with Gasteiger partial charge in [-0.05, 0) is 73.3 Å². The molecular formula is C25H22F3N5O. The number of aromatic nitrogens is 2. The van der Waals surface area contributed by atoms with Crippen LogP contribution in [0.15, 0.2) is 60.1 Å². The van der Waals surface area contributed by atoms with Gasteiger partial charge in [-0.2, -0.15) is 5.26 Å². The number of rotatable bonds is 7. The lowest BCUT2D eigenvalue weighted by molar-refractivity contribution is 0.179. The molecule has 2 aromatic heterocycles.